The summed E-state index contributed by atoms with van der Waals surface area (Å²) in [5.74, 6) is 0. The molecule has 0 saturated carbocycles. The van der Waals surface area contributed by atoms with E-state index in [1.807, 2.05) is 31.2 Å². The van der Waals surface area contributed by atoms with Crippen molar-refractivity contribution in [2.24, 2.45) is 14.1 Å². The largest absolute Gasteiger partial charge is 0.275 e. The van der Waals surface area contributed by atoms with Crippen LogP contribution in [0.2, 0.25) is 0 Å². The van der Waals surface area contributed by atoms with Crippen molar-refractivity contribution in [1.82, 2.24) is 19.6 Å². The van der Waals surface area contributed by atoms with Crippen LogP contribution in [0.1, 0.15) is 0 Å². The fourth-order valence-corrected chi connectivity index (χ4v) is 1.86. The van der Waals surface area contributed by atoms with Crippen molar-refractivity contribution < 1.29 is 0 Å². The molecule has 5 heteroatoms. The van der Waals surface area contributed by atoms with Crippen LogP contribution >= 0.6 is 15.9 Å². The molecule has 2 aromatic rings. The van der Waals surface area contributed by atoms with Gasteiger partial charge in [0.1, 0.15) is 0 Å². The normalized spacial score (nSPS) is 10.7. The van der Waals surface area contributed by atoms with Gasteiger partial charge in [-0.15, -0.1) is 0 Å². The van der Waals surface area contributed by atoms with Crippen molar-refractivity contribution in [2.75, 3.05) is 0 Å². The molecule has 0 unspecified atom stereocenters. The van der Waals surface area contributed by atoms with Gasteiger partial charge in [-0.3, -0.25) is 9.36 Å². The predicted octanol–water partition coefficient (Wildman–Crippen LogP) is 1.58. The lowest BCUT2D eigenvalue weighted by molar-refractivity contribution is 0.766. The van der Waals surface area contributed by atoms with Gasteiger partial charge in [0.25, 0.3) is 0 Å². The Kier molecular flexibility index (Phi) is 1.95. The molecule has 2 aromatic heterocycles. The molecule has 68 valence electrons. The van der Waals surface area contributed by atoms with Gasteiger partial charge in [0.2, 0.25) is 0 Å². The fraction of sp³-hybridized carbons (Fsp3) is 0.250. The van der Waals surface area contributed by atoms with Gasteiger partial charge in [0, 0.05) is 25.9 Å². The molecule has 0 fully saturated rings. The van der Waals surface area contributed by atoms with E-state index >= 15 is 0 Å². The molecular formula is C8H9BrN4. The van der Waals surface area contributed by atoms with Crippen molar-refractivity contribution >= 4 is 15.9 Å². The highest BCUT2D eigenvalue weighted by Crippen LogP contribution is 2.26. The molecule has 0 atom stereocenters. The summed E-state index contributed by atoms with van der Waals surface area (Å²) in [5.41, 5.74) is 2.11. The average Bonchev–Trinajstić information content (AvgIpc) is 2.60. The highest BCUT2D eigenvalue weighted by Gasteiger charge is 2.09. The quantitative estimate of drug-likeness (QED) is 0.759. The Morgan fingerprint density at radius 3 is 2.46 bits per heavy atom. The Hall–Kier alpha value is -1.10. The summed E-state index contributed by atoms with van der Waals surface area (Å²) in [6.45, 7) is 0. The number of nitrogens with zero attached hydrogens (tertiary/aromatic N) is 4. The molecule has 2 rings (SSSR count). The number of aromatic nitrogens is 4. The predicted molar refractivity (Wildman–Crippen MR) is 53.1 cm³/mol. The molecule has 0 aromatic carbocycles. The Morgan fingerprint density at radius 1 is 1.23 bits per heavy atom. The average molecular weight is 241 g/mol. The van der Waals surface area contributed by atoms with E-state index in [0.717, 1.165) is 15.7 Å². The van der Waals surface area contributed by atoms with E-state index in [2.05, 4.69) is 26.1 Å². The van der Waals surface area contributed by atoms with Gasteiger partial charge in [-0.05, 0) is 15.9 Å². The van der Waals surface area contributed by atoms with E-state index in [0.29, 0.717) is 0 Å². The van der Waals surface area contributed by atoms with Gasteiger partial charge in [0.15, 0.2) is 0 Å². The van der Waals surface area contributed by atoms with Gasteiger partial charge in [-0.25, -0.2) is 0 Å². The standard InChI is InChI=1S/C8H9BrN4/c1-12-5-6(3-10-12)8-7(9)4-11-13(8)2/h3-5H,1-2H3. The SMILES string of the molecule is Cn1cc(-c2c(Br)cnn2C)cn1. The van der Waals surface area contributed by atoms with Gasteiger partial charge in [-0.1, -0.05) is 0 Å². The lowest BCUT2D eigenvalue weighted by Gasteiger charge is -1.97. The molecule has 0 saturated heterocycles. The molecule has 2 heterocycles. The fourth-order valence-electron chi connectivity index (χ4n) is 1.28. The van der Waals surface area contributed by atoms with Crippen LogP contribution in [-0.2, 0) is 14.1 Å². The summed E-state index contributed by atoms with van der Waals surface area (Å²) >= 11 is 3.44. The van der Waals surface area contributed by atoms with Crippen LogP contribution in [0.4, 0.5) is 0 Å². The molecule has 0 spiro atoms. The summed E-state index contributed by atoms with van der Waals surface area (Å²) in [6, 6.07) is 0. The first-order valence-electron chi connectivity index (χ1n) is 3.85. The second kappa shape index (κ2) is 2.99. The minimum atomic E-state index is 0.989. The number of hydrogen-bond donors (Lipinski definition) is 0. The number of rotatable bonds is 1. The monoisotopic (exact) mass is 240 g/mol. The summed E-state index contributed by atoms with van der Waals surface area (Å²) in [5, 5.41) is 8.24. The Bertz CT molecular complexity index is 410. The van der Waals surface area contributed by atoms with E-state index in [9.17, 15) is 0 Å². The molecule has 0 aliphatic rings. The smallest absolute Gasteiger partial charge is 0.0852 e. The third-order valence-electron chi connectivity index (χ3n) is 1.87. The van der Waals surface area contributed by atoms with Crippen LogP contribution in [0.5, 0.6) is 0 Å². The van der Waals surface area contributed by atoms with Crippen molar-refractivity contribution in [1.29, 1.82) is 0 Å². The summed E-state index contributed by atoms with van der Waals surface area (Å²) < 4.78 is 4.58. The Balaban J connectivity index is 2.57. The maximum Gasteiger partial charge on any atom is 0.0852 e. The molecule has 0 aliphatic carbocycles. The number of aryl methyl sites for hydroxylation is 2. The number of hydrogen-bond acceptors (Lipinski definition) is 2. The Labute approximate surface area is 84.3 Å². The van der Waals surface area contributed by atoms with Crippen LogP contribution in [0.3, 0.4) is 0 Å². The molecule has 13 heavy (non-hydrogen) atoms. The maximum absolute atomic E-state index is 4.13. The summed E-state index contributed by atoms with van der Waals surface area (Å²) in [7, 11) is 3.81. The molecule has 0 bridgehead atoms. The van der Waals surface area contributed by atoms with Gasteiger partial charge in [-0.2, -0.15) is 10.2 Å². The first-order chi connectivity index (χ1) is 6.18. The lowest BCUT2D eigenvalue weighted by atomic mass is 10.2. The second-order valence-electron chi connectivity index (χ2n) is 2.87. The van der Waals surface area contributed by atoms with Crippen molar-refractivity contribution in [3.05, 3.63) is 23.1 Å². The van der Waals surface area contributed by atoms with Crippen LogP contribution < -0.4 is 0 Å². The highest BCUT2D eigenvalue weighted by atomic mass is 79.9. The minimum absolute atomic E-state index is 0.989. The zero-order valence-electron chi connectivity index (χ0n) is 7.40. The lowest BCUT2D eigenvalue weighted by Crippen LogP contribution is -1.92. The van der Waals surface area contributed by atoms with Crippen molar-refractivity contribution in [2.45, 2.75) is 0 Å². The summed E-state index contributed by atoms with van der Waals surface area (Å²) in [6.07, 6.45) is 5.56. The topological polar surface area (TPSA) is 35.6 Å². The van der Waals surface area contributed by atoms with Crippen LogP contribution in [0.15, 0.2) is 23.1 Å². The van der Waals surface area contributed by atoms with E-state index < -0.39 is 0 Å². The summed E-state index contributed by atoms with van der Waals surface area (Å²) in [4.78, 5) is 0. The van der Waals surface area contributed by atoms with Gasteiger partial charge >= 0.3 is 0 Å². The zero-order chi connectivity index (χ0) is 9.42. The molecular weight excluding hydrogens is 232 g/mol. The maximum atomic E-state index is 4.13. The van der Waals surface area contributed by atoms with E-state index in [-0.39, 0.29) is 0 Å². The van der Waals surface area contributed by atoms with E-state index in [1.54, 1.807) is 10.9 Å². The molecule has 0 radical (unpaired) electrons. The number of halogens is 1. The zero-order valence-corrected chi connectivity index (χ0v) is 8.98. The van der Waals surface area contributed by atoms with Gasteiger partial charge in [0.05, 0.1) is 22.6 Å². The Morgan fingerprint density at radius 2 is 2.00 bits per heavy atom. The minimum Gasteiger partial charge on any atom is -0.275 e. The molecule has 0 aliphatic heterocycles. The van der Waals surface area contributed by atoms with E-state index in [4.69, 9.17) is 0 Å². The molecule has 0 N–H and O–H groups in total. The van der Waals surface area contributed by atoms with Crippen LogP contribution in [0, 0.1) is 0 Å². The third-order valence-corrected chi connectivity index (χ3v) is 2.45. The van der Waals surface area contributed by atoms with Crippen molar-refractivity contribution in [3.63, 3.8) is 0 Å². The molecule has 4 nitrogen and oxygen atoms in total. The highest BCUT2D eigenvalue weighted by molar-refractivity contribution is 9.10. The van der Waals surface area contributed by atoms with Crippen molar-refractivity contribution in [3.8, 4) is 11.3 Å². The van der Waals surface area contributed by atoms with Crippen LogP contribution in [0.25, 0.3) is 11.3 Å². The van der Waals surface area contributed by atoms with Crippen LogP contribution in [-0.4, -0.2) is 19.6 Å². The molecule has 0 amide bonds. The van der Waals surface area contributed by atoms with Gasteiger partial charge < -0.3 is 0 Å². The first kappa shape index (κ1) is 8.50. The van der Waals surface area contributed by atoms with E-state index in [1.165, 1.54) is 0 Å². The first-order valence-corrected chi connectivity index (χ1v) is 4.64. The second-order valence-corrected chi connectivity index (χ2v) is 3.72. The third kappa shape index (κ3) is 1.39.